The van der Waals surface area contributed by atoms with E-state index in [9.17, 15) is 13.2 Å². The number of benzene rings is 1. The number of nitrogens with zero attached hydrogens (tertiary/aromatic N) is 1. The minimum absolute atomic E-state index is 0.0220. The molecular formula is C17H22N2O3S2. The Morgan fingerprint density at radius 1 is 1.17 bits per heavy atom. The number of aryl methyl sites for hydroxylation is 1. The van der Waals surface area contributed by atoms with Gasteiger partial charge in [0.2, 0.25) is 5.91 Å². The van der Waals surface area contributed by atoms with Gasteiger partial charge in [-0.2, -0.15) is 0 Å². The summed E-state index contributed by atoms with van der Waals surface area (Å²) in [7, 11) is -3.65. The minimum Gasteiger partial charge on any atom is -0.335 e. The van der Waals surface area contributed by atoms with Gasteiger partial charge >= 0.3 is 0 Å². The van der Waals surface area contributed by atoms with Crippen LogP contribution < -0.4 is 4.72 Å². The van der Waals surface area contributed by atoms with Gasteiger partial charge in [-0.05, 0) is 38.5 Å². The van der Waals surface area contributed by atoms with Gasteiger partial charge in [-0.3, -0.25) is 4.79 Å². The molecule has 1 heterocycles. The molecular weight excluding hydrogens is 344 g/mol. The lowest BCUT2D eigenvalue weighted by molar-refractivity contribution is -0.132. The number of hydrogen-bond donors (Lipinski definition) is 1. The van der Waals surface area contributed by atoms with Crippen LogP contribution in [0.15, 0.2) is 46.7 Å². The number of thiophene rings is 1. The van der Waals surface area contributed by atoms with E-state index in [1.54, 1.807) is 17.0 Å². The first-order chi connectivity index (χ1) is 11.3. The van der Waals surface area contributed by atoms with Crippen LogP contribution >= 0.6 is 11.3 Å². The van der Waals surface area contributed by atoms with E-state index in [0.717, 1.165) is 10.4 Å². The molecule has 24 heavy (non-hydrogen) atoms. The van der Waals surface area contributed by atoms with Gasteiger partial charge in [0.1, 0.15) is 4.21 Å². The fraction of sp³-hybridized carbons (Fsp3) is 0.353. The second-order valence-electron chi connectivity index (χ2n) is 5.79. The second-order valence-corrected chi connectivity index (χ2v) is 9.07. The summed E-state index contributed by atoms with van der Waals surface area (Å²) in [5, 5.41) is 0. The zero-order chi connectivity index (χ0) is 17.7. The van der Waals surface area contributed by atoms with Crippen LogP contribution in [-0.2, 0) is 21.4 Å². The molecule has 5 nitrogen and oxygen atoms in total. The molecule has 0 aliphatic rings. The minimum atomic E-state index is -3.65. The van der Waals surface area contributed by atoms with Crippen molar-refractivity contribution >= 4 is 27.3 Å². The highest BCUT2D eigenvalue weighted by atomic mass is 32.2. The van der Waals surface area contributed by atoms with Crippen molar-refractivity contribution in [1.29, 1.82) is 0 Å². The third-order valence-electron chi connectivity index (χ3n) is 3.53. The molecule has 1 aromatic heterocycles. The first-order valence-electron chi connectivity index (χ1n) is 7.69. The number of carbonyl (C=O) groups is 1. The third-order valence-corrected chi connectivity index (χ3v) is 6.43. The van der Waals surface area contributed by atoms with E-state index in [-0.39, 0.29) is 22.7 Å². The van der Waals surface area contributed by atoms with Crippen molar-refractivity contribution in [2.24, 2.45) is 0 Å². The monoisotopic (exact) mass is 366 g/mol. The third kappa shape index (κ3) is 4.90. The van der Waals surface area contributed by atoms with Crippen molar-refractivity contribution in [2.75, 3.05) is 6.54 Å². The summed E-state index contributed by atoms with van der Waals surface area (Å²) >= 11 is 1.19. The summed E-state index contributed by atoms with van der Waals surface area (Å²) < 4.78 is 27.1. The van der Waals surface area contributed by atoms with Crippen LogP contribution in [0.25, 0.3) is 0 Å². The summed E-state index contributed by atoms with van der Waals surface area (Å²) in [5.74, 6) is -0.245. The van der Waals surface area contributed by atoms with Crippen molar-refractivity contribution in [3.63, 3.8) is 0 Å². The Bertz CT molecular complexity index is 783. The molecule has 0 aliphatic heterocycles. The molecule has 130 valence electrons. The van der Waals surface area contributed by atoms with Gasteiger partial charge in [-0.25, -0.2) is 13.1 Å². The average Bonchev–Trinajstić information content (AvgIpc) is 2.98. The molecule has 1 amide bonds. The van der Waals surface area contributed by atoms with Gasteiger partial charge in [0.15, 0.2) is 0 Å². The molecule has 0 bridgehead atoms. The lowest BCUT2D eigenvalue weighted by Crippen LogP contribution is -2.43. The SMILES string of the molecule is Cc1ccc(S(=O)(=O)NCC(=O)N(Cc2ccccc2)C(C)C)s1. The Labute approximate surface area is 147 Å². The van der Waals surface area contributed by atoms with Crippen LogP contribution in [0.3, 0.4) is 0 Å². The fourth-order valence-corrected chi connectivity index (χ4v) is 4.53. The van der Waals surface area contributed by atoms with Gasteiger partial charge in [-0.15, -0.1) is 11.3 Å². The Balaban J connectivity index is 2.03. The largest absolute Gasteiger partial charge is 0.335 e. The summed E-state index contributed by atoms with van der Waals surface area (Å²) in [6.45, 7) is 5.88. The maximum atomic E-state index is 12.5. The van der Waals surface area contributed by atoms with Gasteiger partial charge in [-0.1, -0.05) is 30.3 Å². The predicted octanol–water partition coefficient (Wildman–Crippen LogP) is 2.77. The Morgan fingerprint density at radius 3 is 2.38 bits per heavy atom. The molecule has 0 unspecified atom stereocenters. The summed E-state index contributed by atoms with van der Waals surface area (Å²) in [6.07, 6.45) is 0. The summed E-state index contributed by atoms with van der Waals surface area (Å²) in [6, 6.07) is 12.9. The van der Waals surface area contributed by atoms with E-state index >= 15 is 0 Å². The number of carbonyl (C=O) groups excluding carboxylic acids is 1. The Morgan fingerprint density at radius 2 is 1.83 bits per heavy atom. The van der Waals surface area contributed by atoms with Crippen molar-refractivity contribution in [3.8, 4) is 0 Å². The average molecular weight is 367 g/mol. The Kier molecular flexibility index (Phi) is 6.15. The normalized spacial score (nSPS) is 11.7. The van der Waals surface area contributed by atoms with Crippen LogP contribution in [0.1, 0.15) is 24.3 Å². The van der Waals surface area contributed by atoms with E-state index in [0.29, 0.717) is 6.54 Å². The smallest absolute Gasteiger partial charge is 0.250 e. The zero-order valence-corrected chi connectivity index (χ0v) is 15.7. The van der Waals surface area contributed by atoms with Crippen LogP contribution in [0, 0.1) is 6.92 Å². The number of nitrogens with one attached hydrogen (secondary N) is 1. The molecule has 2 aromatic rings. The molecule has 0 radical (unpaired) electrons. The van der Waals surface area contributed by atoms with Crippen LogP contribution in [0.2, 0.25) is 0 Å². The molecule has 0 atom stereocenters. The molecule has 0 saturated heterocycles. The van der Waals surface area contributed by atoms with Gasteiger partial charge in [0.25, 0.3) is 10.0 Å². The molecule has 2 rings (SSSR count). The molecule has 0 spiro atoms. The molecule has 0 saturated carbocycles. The number of sulfonamides is 1. The van der Waals surface area contributed by atoms with Gasteiger partial charge in [0.05, 0.1) is 6.54 Å². The zero-order valence-electron chi connectivity index (χ0n) is 14.0. The van der Waals surface area contributed by atoms with Crippen LogP contribution in [-0.4, -0.2) is 31.8 Å². The fourth-order valence-electron chi connectivity index (χ4n) is 2.22. The maximum absolute atomic E-state index is 12.5. The van der Waals surface area contributed by atoms with Crippen LogP contribution in [0.5, 0.6) is 0 Å². The van der Waals surface area contributed by atoms with Gasteiger partial charge in [0, 0.05) is 17.5 Å². The number of hydrogen-bond acceptors (Lipinski definition) is 4. The first kappa shape index (κ1) is 18.6. The van der Waals surface area contributed by atoms with Crippen LogP contribution in [0.4, 0.5) is 0 Å². The lowest BCUT2D eigenvalue weighted by Gasteiger charge is -2.27. The molecule has 0 aliphatic carbocycles. The summed E-state index contributed by atoms with van der Waals surface area (Å²) in [5.41, 5.74) is 1.01. The maximum Gasteiger partial charge on any atom is 0.250 e. The van der Waals surface area contributed by atoms with E-state index in [4.69, 9.17) is 0 Å². The van der Waals surface area contributed by atoms with Crippen molar-refractivity contribution < 1.29 is 13.2 Å². The predicted molar refractivity (Wildman–Crippen MR) is 96.4 cm³/mol. The van der Waals surface area contributed by atoms with E-state index < -0.39 is 10.0 Å². The highest BCUT2D eigenvalue weighted by molar-refractivity contribution is 7.91. The van der Waals surface area contributed by atoms with E-state index in [1.165, 1.54) is 11.3 Å². The molecule has 1 N–H and O–H groups in total. The standard InChI is InChI=1S/C17H22N2O3S2/c1-13(2)19(12-15-7-5-4-6-8-15)16(20)11-18-24(21,22)17-10-9-14(3)23-17/h4-10,13,18H,11-12H2,1-3H3. The van der Waals surface area contributed by atoms with E-state index in [2.05, 4.69) is 4.72 Å². The first-order valence-corrected chi connectivity index (χ1v) is 9.99. The van der Waals surface area contributed by atoms with Crippen molar-refractivity contribution in [3.05, 3.63) is 52.9 Å². The number of amides is 1. The molecule has 1 aromatic carbocycles. The topological polar surface area (TPSA) is 66.5 Å². The summed E-state index contributed by atoms with van der Waals surface area (Å²) in [4.78, 5) is 15.1. The van der Waals surface area contributed by atoms with Crippen molar-refractivity contribution in [2.45, 2.75) is 37.6 Å². The lowest BCUT2D eigenvalue weighted by atomic mass is 10.2. The van der Waals surface area contributed by atoms with Gasteiger partial charge < -0.3 is 4.90 Å². The molecule has 0 fully saturated rings. The quantitative estimate of drug-likeness (QED) is 0.819. The number of rotatable bonds is 7. The highest BCUT2D eigenvalue weighted by Crippen LogP contribution is 2.20. The molecule has 7 heteroatoms. The van der Waals surface area contributed by atoms with Crippen molar-refractivity contribution in [1.82, 2.24) is 9.62 Å². The van der Waals surface area contributed by atoms with E-state index in [1.807, 2.05) is 51.1 Å². The Hall–Kier alpha value is -1.70. The second kappa shape index (κ2) is 7.92. The highest BCUT2D eigenvalue weighted by Gasteiger charge is 2.21.